The molecule has 0 aliphatic carbocycles. The molecule has 1 rings (SSSR count). The van der Waals surface area contributed by atoms with Crippen molar-refractivity contribution < 1.29 is 4.79 Å². The van der Waals surface area contributed by atoms with Gasteiger partial charge in [0.05, 0.1) is 0 Å². The third-order valence-corrected chi connectivity index (χ3v) is 2.84. The molecule has 0 aliphatic rings. The summed E-state index contributed by atoms with van der Waals surface area (Å²) in [5.74, 6) is 0.375. The van der Waals surface area contributed by atoms with Gasteiger partial charge in [-0.1, -0.05) is 43.7 Å². The summed E-state index contributed by atoms with van der Waals surface area (Å²) in [5, 5.41) is 3.39. The van der Waals surface area contributed by atoms with Crippen molar-refractivity contribution in [1.29, 1.82) is 0 Å². The Kier molecular flexibility index (Phi) is 6.56. The van der Waals surface area contributed by atoms with Crippen LogP contribution in [-0.4, -0.2) is 11.8 Å². The Balaban J connectivity index is 2.21. The fourth-order valence-electron chi connectivity index (χ4n) is 1.78. The Hall–Kier alpha value is -1.15. The minimum atomic E-state index is 0.263. The lowest BCUT2D eigenvalue weighted by atomic mass is 10.1. The smallest absolute Gasteiger partial charge is 0.134 e. The van der Waals surface area contributed by atoms with E-state index in [-0.39, 0.29) is 6.04 Å². The molecular weight excluding hydrogens is 210 g/mol. The molecule has 0 aromatic heterocycles. The molecule has 1 unspecified atom stereocenters. The van der Waals surface area contributed by atoms with E-state index in [1.165, 1.54) is 5.56 Å². The average Bonchev–Trinajstić information content (AvgIpc) is 2.35. The van der Waals surface area contributed by atoms with Crippen molar-refractivity contribution in [3.63, 3.8) is 0 Å². The predicted molar refractivity (Wildman–Crippen MR) is 71.9 cm³/mol. The number of Topliss-reactive ketones (excluding diaryl/α,β-unsaturated/α-hetero) is 1. The van der Waals surface area contributed by atoms with Crippen molar-refractivity contribution in [2.45, 2.75) is 52.1 Å². The molecule has 2 heteroatoms. The second-order valence-electron chi connectivity index (χ2n) is 4.61. The van der Waals surface area contributed by atoms with Crippen LogP contribution >= 0.6 is 0 Å². The largest absolute Gasteiger partial charge is 0.310 e. The quantitative estimate of drug-likeness (QED) is 0.746. The first-order valence-electron chi connectivity index (χ1n) is 6.51. The van der Waals surface area contributed by atoms with Gasteiger partial charge in [0.15, 0.2) is 0 Å². The zero-order chi connectivity index (χ0) is 12.5. The number of hydrogen-bond acceptors (Lipinski definition) is 2. The van der Waals surface area contributed by atoms with E-state index in [0.29, 0.717) is 12.2 Å². The van der Waals surface area contributed by atoms with Crippen LogP contribution in [0.2, 0.25) is 0 Å². The van der Waals surface area contributed by atoms with Gasteiger partial charge in [0.2, 0.25) is 0 Å². The van der Waals surface area contributed by atoms with Crippen LogP contribution in [0.3, 0.4) is 0 Å². The van der Waals surface area contributed by atoms with E-state index in [2.05, 4.69) is 31.3 Å². The van der Waals surface area contributed by atoms with E-state index in [9.17, 15) is 4.79 Å². The molecule has 1 aromatic carbocycles. The van der Waals surface area contributed by atoms with Crippen molar-refractivity contribution in [3.8, 4) is 0 Å². The van der Waals surface area contributed by atoms with Crippen LogP contribution in [-0.2, 0) is 11.3 Å². The van der Waals surface area contributed by atoms with E-state index >= 15 is 0 Å². The number of hydrogen-bond donors (Lipinski definition) is 1. The molecule has 0 heterocycles. The van der Waals surface area contributed by atoms with Crippen LogP contribution in [0.1, 0.15) is 45.1 Å². The van der Waals surface area contributed by atoms with Crippen LogP contribution in [0.5, 0.6) is 0 Å². The van der Waals surface area contributed by atoms with Crippen molar-refractivity contribution in [1.82, 2.24) is 5.32 Å². The maximum Gasteiger partial charge on any atom is 0.134 e. The van der Waals surface area contributed by atoms with Gasteiger partial charge in [-0.25, -0.2) is 0 Å². The second kappa shape index (κ2) is 8.02. The Bertz CT molecular complexity index is 321. The Morgan fingerprint density at radius 3 is 2.65 bits per heavy atom. The highest BCUT2D eigenvalue weighted by Gasteiger charge is 2.07. The SMILES string of the molecule is CCCCC(=O)CC(C)NCc1ccccc1. The summed E-state index contributed by atoms with van der Waals surface area (Å²) in [6.45, 7) is 5.03. The monoisotopic (exact) mass is 233 g/mol. The second-order valence-corrected chi connectivity index (χ2v) is 4.61. The summed E-state index contributed by atoms with van der Waals surface area (Å²) in [5.41, 5.74) is 1.26. The third kappa shape index (κ3) is 6.22. The number of unbranched alkanes of at least 4 members (excludes halogenated alkanes) is 1. The van der Waals surface area contributed by atoms with Gasteiger partial charge in [0.25, 0.3) is 0 Å². The fraction of sp³-hybridized carbons (Fsp3) is 0.533. The minimum Gasteiger partial charge on any atom is -0.310 e. The topological polar surface area (TPSA) is 29.1 Å². The first-order chi connectivity index (χ1) is 8.22. The van der Waals surface area contributed by atoms with E-state index in [1.807, 2.05) is 18.2 Å². The van der Waals surface area contributed by atoms with Gasteiger partial charge in [0, 0.05) is 25.4 Å². The Morgan fingerprint density at radius 1 is 1.29 bits per heavy atom. The highest BCUT2D eigenvalue weighted by atomic mass is 16.1. The summed E-state index contributed by atoms with van der Waals surface area (Å²) in [6, 6.07) is 10.5. The molecular formula is C15H23NO. The number of carbonyl (C=O) groups is 1. The Labute approximate surface area is 104 Å². The summed E-state index contributed by atoms with van der Waals surface area (Å²) >= 11 is 0. The number of rotatable bonds is 8. The maximum absolute atomic E-state index is 11.6. The van der Waals surface area contributed by atoms with Crippen LogP contribution in [0.4, 0.5) is 0 Å². The third-order valence-electron chi connectivity index (χ3n) is 2.84. The van der Waals surface area contributed by atoms with Gasteiger partial charge in [-0.05, 0) is 18.9 Å². The first kappa shape index (κ1) is 13.9. The average molecular weight is 233 g/mol. The minimum absolute atomic E-state index is 0.263. The van der Waals surface area contributed by atoms with E-state index < -0.39 is 0 Å². The molecule has 1 aromatic rings. The van der Waals surface area contributed by atoms with E-state index in [4.69, 9.17) is 0 Å². The number of benzene rings is 1. The summed E-state index contributed by atoms with van der Waals surface area (Å²) in [4.78, 5) is 11.6. The van der Waals surface area contributed by atoms with Crippen LogP contribution in [0.15, 0.2) is 30.3 Å². The predicted octanol–water partition coefficient (Wildman–Crippen LogP) is 3.31. The van der Waals surface area contributed by atoms with E-state index in [1.54, 1.807) is 0 Å². The molecule has 2 nitrogen and oxygen atoms in total. The van der Waals surface area contributed by atoms with Gasteiger partial charge in [-0.2, -0.15) is 0 Å². The van der Waals surface area contributed by atoms with Crippen molar-refractivity contribution >= 4 is 5.78 Å². The van der Waals surface area contributed by atoms with Crippen LogP contribution in [0, 0.1) is 0 Å². The molecule has 17 heavy (non-hydrogen) atoms. The molecule has 1 atom stereocenters. The lowest BCUT2D eigenvalue weighted by Crippen LogP contribution is -2.28. The molecule has 0 bridgehead atoms. The zero-order valence-corrected chi connectivity index (χ0v) is 10.9. The van der Waals surface area contributed by atoms with Crippen molar-refractivity contribution in [2.24, 2.45) is 0 Å². The van der Waals surface area contributed by atoms with Crippen LogP contribution < -0.4 is 5.32 Å². The number of carbonyl (C=O) groups excluding carboxylic acids is 1. The lowest BCUT2D eigenvalue weighted by Gasteiger charge is -2.13. The highest BCUT2D eigenvalue weighted by Crippen LogP contribution is 2.03. The lowest BCUT2D eigenvalue weighted by molar-refractivity contribution is -0.119. The Morgan fingerprint density at radius 2 is 2.00 bits per heavy atom. The van der Waals surface area contributed by atoms with Gasteiger partial charge >= 0.3 is 0 Å². The normalized spacial score (nSPS) is 12.4. The molecule has 0 aliphatic heterocycles. The van der Waals surface area contributed by atoms with Gasteiger partial charge in [-0.15, -0.1) is 0 Å². The molecule has 0 saturated heterocycles. The van der Waals surface area contributed by atoms with Gasteiger partial charge in [-0.3, -0.25) is 4.79 Å². The summed E-state index contributed by atoms with van der Waals surface area (Å²) in [6.07, 6.45) is 3.49. The number of ketones is 1. The van der Waals surface area contributed by atoms with Gasteiger partial charge in [0.1, 0.15) is 5.78 Å². The van der Waals surface area contributed by atoms with Gasteiger partial charge < -0.3 is 5.32 Å². The molecule has 1 N–H and O–H groups in total. The van der Waals surface area contributed by atoms with Crippen LogP contribution in [0.25, 0.3) is 0 Å². The standard InChI is InChI=1S/C15H23NO/c1-3-4-10-15(17)11-13(2)16-12-14-8-6-5-7-9-14/h5-9,13,16H,3-4,10-12H2,1-2H3. The molecule has 0 saturated carbocycles. The zero-order valence-electron chi connectivity index (χ0n) is 10.9. The molecule has 0 spiro atoms. The summed E-state index contributed by atoms with van der Waals surface area (Å²) in [7, 11) is 0. The molecule has 0 fully saturated rings. The van der Waals surface area contributed by atoms with Crippen molar-refractivity contribution in [3.05, 3.63) is 35.9 Å². The molecule has 94 valence electrons. The van der Waals surface area contributed by atoms with Crippen molar-refractivity contribution in [2.75, 3.05) is 0 Å². The highest BCUT2D eigenvalue weighted by molar-refractivity contribution is 5.78. The maximum atomic E-state index is 11.6. The molecule has 0 radical (unpaired) electrons. The fourth-order valence-corrected chi connectivity index (χ4v) is 1.78. The molecule has 0 amide bonds. The first-order valence-corrected chi connectivity index (χ1v) is 6.51. The van der Waals surface area contributed by atoms with E-state index in [0.717, 1.165) is 25.8 Å². The number of nitrogens with one attached hydrogen (secondary N) is 1. The summed E-state index contributed by atoms with van der Waals surface area (Å²) < 4.78 is 0.